The van der Waals surface area contributed by atoms with Gasteiger partial charge in [-0.05, 0) is 6.42 Å². The molecule has 0 aliphatic heterocycles. The quantitative estimate of drug-likeness (QED) is 0.614. The zero-order valence-electron chi connectivity index (χ0n) is 7.32. The maximum Gasteiger partial charge on any atom is 0.232 e. The number of carbonyl (C=O) groups is 1. The first-order valence-electron chi connectivity index (χ1n) is 4.07. The molecule has 1 aromatic rings. The number of H-pyrrole nitrogens is 1. The van der Waals surface area contributed by atoms with Gasteiger partial charge in [0.15, 0.2) is 5.78 Å². The molecular weight excluding hydrogens is 172 g/mol. The monoisotopic (exact) mass is 184 g/mol. The van der Waals surface area contributed by atoms with Crippen LogP contribution in [0.25, 0.3) is 0 Å². The molecule has 13 heavy (non-hydrogen) atoms. The van der Waals surface area contributed by atoms with Gasteiger partial charge in [0, 0.05) is 0 Å². The lowest BCUT2D eigenvalue weighted by molar-refractivity contribution is -0.126. The average molecular weight is 184 g/mol. The van der Waals surface area contributed by atoms with Gasteiger partial charge in [0.2, 0.25) is 5.88 Å². The third-order valence-electron chi connectivity index (χ3n) is 1.80. The number of aromatic hydroxyl groups is 1. The lowest BCUT2D eigenvalue weighted by atomic mass is 10.1. The summed E-state index contributed by atoms with van der Waals surface area (Å²) in [4.78, 5) is 17.3. The van der Waals surface area contributed by atoms with E-state index in [4.69, 9.17) is 10.2 Å². The Morgan fingerprint density at radius 2 is 2.46 bits per heavy atom. The first kappa shape index (κ1) is 9.73. The number of hydrogen-bond acceptors (Lipinski definition) is 4. The zero-order chi connectivity index (χ0) is 9.84. The average Bonchev–Trinajstić information content (AvgIpc) is 2.50. The highest BCUT2D eigenvalue weighted by Crippen LogP contribution is 2.11. The standard InChI is InChI=1S/C8H12N2O3/c1-2-6(11)7(12)3-5-8(13)10-4-9-5/h4,6,11,13H,2-3H2,1H3,(H,9,10). The van der Waals surface area contributed by atoms with Gasteiger partial charge in [-0.25, -0.2) is 4.98 Å². The number of nitrogens with zero attached hydrogens (tertiary/aromatic N) is 1. The second-order valence-electron chi connectivity index (χ2n) is 2.77. The molecule has 1 heterocycles. The summed E-state index contributed by atoms with van der Waals surface area (Å²) in [7, 11) is 0. The molecule has 0 saturated heterocycles. The topological polar surface area (TPSA) is 86.2 Å². The fourth-order valence-corrected chi connectivity index (χ4v) is 0.964. The van der Waals surface area contributed by atoms with E-state index in [1.54, 1.807) is 6.92 Å². The predicted octanol–water partition coefficient (Wildman–Crippen LogP) is -0.00220. The van der Waals surface area contributed by atoms with Crippen LogP contribution in [0.15, 0.2) is 6.33 Å². The number of imidazole rings is 1. The van der Waals surface area contributed by atoms with Gasteiger partial charge in [0.1, 0.15) is 6.10 Å². The summed E-state index contributed by atoms with van der Waals surface area (Å²) in [6.45, 7) is 1.72. The van der Waals surface area contributed by atoms with Crippen LogP contribution in [0.4, 0.5) is 0 Å². The Morgan fingerprint density at radius 3 is 2.92 bits per heavy atom. The van der Waals surface area contributed by atoms with E-state index in [2.05, 4.69) is 9.97 Å². The summed E-state index contributed by atoms with van der Waals surface area (Å²) in [6.07, 6.45) is 0.716. The molecule has 72 valence electrons. The number of aliphatic hydroxyl groups is 1. The largest absolute Gasteiger partial charge is 0.492 e. The van der Waals surface area contributed by atoms with Crippen molar-refractivity contribution in [2.24, 2.45) is 0 Å². The van der Waals surface area contributed by atoms with E-state index in [1.165, 1.54) is 6.33 Å². The molecule has 0 radical (unpaired) electrons. The smallest absolute Gasteiger partial charge is 0.232 e. The number of aliphatic hydroxyl groups excluding tert-OH is 1. The van der Waals surface area contributed by atoms with Crippen LogP contribution in [-0.2, 0) is 11.2 Å². The van der Waals surface area contributed by atoms with E-state index in [0.717, 1.165) is 0 Å². The maximum atomic E-state index is 11.2. The summed E-state index contributed by atoms with van der Waals surface area (Å²) in [5.41, 5.74) is 0.345. The van der Waals surface area contributed by atoms with E-state index < -0.39 is 6.10 Å². The van der Waals surface area contributed by atoms with Crippen molar-refractivity contribution in [2.75, 3.05) is 0 Å². The van der Waals surface area contributed by atoms with E-state index >= 15 is 0 Å². The van der Waals surface area contributed by atoms with Gasteiger partial charge in [0.25, 0.3) is 0 Å². The first-order valence-corrected chi connectivity index (χ1v) is 4.07. The lowest BCUT2D eigenvalue weighted by Crippen LogP contribution is -2.21. The normalized spacial score (nSPS) is 12.8. The lowest BCUT2D eigenvalue weighted by Gasteiger charge is -2.04. The molecule has 1 unspecified atom stereocenters. The molecule has 5 nitrogen and oxygen atoms in total. The Morgan fingerprint density at radius 1 is 1.77 bits per heavy atom. The molecule has 1 rings (SSSR count). The third kappa shape index (κ3) is 2.29. The van der Waals surface area contributed by atoms with Gasteiger partial charge in [0.05, 0.1) is 18.4 Å². The van der Waals surface area contributed by atoms with Crippen molar-refractivity contribution in [2.45, 2.75) is 25.9 Å². The Bertz CT molecular complexity index is 295. The highest BCUT2D eigenvalue weighted by atomic mass is 16.3. The van der Waals surface area contributed by atoms with Crippen LogP contribution >= 0.6 is 0 Å². The summed E-state index contributed by atoms with van der Waals surface area (Å²) < 4.78 is 0. The van der Waals surface area contributed by atoms with E-state index in [9.17, 15) is 4.79 Å². The van der Waals surface area contributed by atoms with E-state index in [0.29, 0.717) is 12.1 Å². The molecular formula is C8H12N2O3. The number of Topliss-reactive ketones (excluding diaryl/α,β-unsaturated/α-hetero) is 1. The fraction of sp³-hybridized carbons (Fsp3) is 0.500. The Labute approximate surface area is 75.4 Å². The molecule has 0 spiro atoms. The van der Waals surface area contributed by atoms with Gasteiger partial charge in [-0.15, -0.1) is 0 Å². The van der Waals surface area contributed by atoms with Gasteiger partial charge < -0.3 is 15.2 Å². The number of hydrogen-bond donors (Lipinski definition) is 3. The van der Waals surface area contributed by atoms with E-state index in [1.807, 2.05) is 0 Å². The summed E-state index contributed by atoms with van der Waals surface area (Å²) in [5.74, 6) is -0.501. The number of ketones is 1. The molecule has 3 N–H and O–H groups in total. The molecule has 1 aromatic heterocycles. The van der Waals surface area contributed by atoms with E-state index in [-0.39, 0.29) is 18.1 Å². The molecule has 0 fully saturated rings. The second kappa shape index (κ2) is 4.04. The second-order valence-corrected chi connectivity index (χ2v) is 2.77. The van der Waals surface area contributed by atoms with Crippen LogP contribution in [0, 0.1) is 0 Å². The van der Waals surface area contributed by atoms with Crippen LogP contribution in [0.3, 0.4) is 0 Å². The van der Waals surface area contributed by atoms with Crippen molar-refractivity contribution >= 4 is 5.78 Å². The molecule has 1 atom stereocenters. The number of aromatic amines is 1. The van der Waals surface area contributed by atoms with Crippen molar-refractivity contribution < 1.29 is 15.0 Å². The summed E-state index contributed by atoms with van der Waals surface area (Å²) >= 11 is 0. The fourth-order valence-electron chi connectivity index (χ4n) is 0.964. The van der Waals surface area contributed by atoms with Crippen LogP contribution in [0.5, 0.6) is 5.88 Å². The van der Waals surface area contributed by atoms with Gasteiger partial charge in [-0.3, -0.25) is 4.79 Å². The number of aromatic nitrogens is 2. The molecule has 0 saturated carbocycles. The predicted molar refractivity (Wildman–Crippen MR) is 45.3 cm³/mol. The first-order chi connectivity index (χ1) is 6.15. The van der Waals surface area contributed by atoms with Gasteiger partial charge in [-0.2, -0.15) is 0 Å². The minimum Gasteiger partial charge on any atom is -0.492 e. The number of rotatable bonds is 4. The molecule has 0 aliphatic carbocycles. The van der Waals surface area contributed by atoms with Crippen LogP contribution in [-0.4, -0.2) is 32.1 Å². The van der Waals surface area contributed by atoms with Gasteiger partial charge in [-0.1, -0.05) is 6.92 Å². The Kier molecular flexibility index (Phi) is 3.02. The molecule has 0 aliphatic rings. The van der Waals surface area contributed by atoms with Crippen molar-refractivity contribution in [3.63, 3.8) is 0 Å². The maximum absolute atomic E-state index is 11.2. The van der Waals surface area contributed by atoms with Crippen LogP contribution in [0.1, 0.15) is 19.0 Å². The summed E-state index contributed by atoms with van der Waals surface area (Å²) in [6, 6.07) is 0. The minimum absolute atomic E-state index is 0.0131. The van der Waals surface area contributed by atoms with Crippen molar-refractivity contribution in [3.8, 4) is 5.88 Å². The SMILES string of the molecule is CCC(O)C(=O)Cc1[nH]cnc1O. The Balaban J connectivity index is 2.60. The molecule has 0 bridgehead atoms. The van der Waals surface area contributed by atoms with Crippen molar-refractivity contribution in [3.05, 3.63) is 12.0 Å². The van der Waals surface area contributed by atoms with Gasteiger partial charge >= 0.3 is 0 Å². The zero-order valence-corrected chi connectivity index (χ0v) is 7.32. The van der Waals surface area contributed by atoms with Crippen LogP contribution < -0.4 is 0 Å². The minimum atomic E-state index is -0.956. The molecule has 0 amide bonds. The van der Waals surface area contributed by atoms with Crippen LogP contribution in [0.2, 0.25) is 0 Å². The van der Waals surface area contributed by atoms with Crippen molar-refractivity contribution in [1.82, 2.24) is 9.97 Å². The third-order valence-corrected chi connectivity index (χ3v) is 1.80. The number of carbonyl (C=O) groups excluding carboxylic acids is 1. The number of nitrogens with one attached hydrogen (secondary N) is 1. The summed E-state index contributed by atoms with van der Waals surface area (Å²) in [5, 5.41) is 18.2. The molecule has 0 aromatic carbocycles. The highest BCUT2D eigenvalue weighted by molar-refractivity contribution is 5.84. The Hall–Kier alpha value is -1.36. The van der Waals surface area contributed by atoms with Crippen molar-refractivity contribution in [1.29, 1.82) is 0 Å². The highest BCUT2D eigenvalue weighted by Gasteiger charge is 2.15. The molecule has 5 heteroatoms.